The Kier molecular flexibility index (Phi) is 5.71. The first-order valence-electron chi connectivity index (χ1n) is 10.1. The number of amides is 1. The topological polar surface area (TPSA) is 106 Å². The van der Waals surface area contributed by atoms with Crippen LogP contribution >= 0.6 is 0 Å². The molecule has 2 aromatic heterocycles. The number of piperidine rings is 1. The van der Waals surface area contributed by atoms with Gasteiger partial charge in [-0.15, -0.1) is 10.2 Å². The third-order valence-corrected chi connectivity index (χ3v) is 5.65. The summed E-state index contributed by atoms with van der Waals surface area (Å²) in [6.45, 7) is 4.27. The minimum Gasteiger partial charge on any atom is -0.326 e. The van der Waals surface area contributed by atoms with E-state index in [2.05, 4.69) is 24.8 Å². The molecule has 0 aliphatic carbocycles. The van der Waals surface area contributed by atoms with E-state index in [-0.39, 0.29) is 11.6 Å². The van der Waals surface area contributed by atoms with E-state index in [9.17, 15) is 14.9 Å². The lowest BCUT2D eigenvalue weighted by Gasteiger charge is -2.31. The molecule has 3 heterocycles. The van der Waals surface area contributed by atoms with Gasteiger partial charge in [0.05, 0.1) is 10.6 Å². The van der Waals surface area contributed by atoms with E-state index in [0.29, 0.717) is 24.6 Å². The van der Waals surface area contributed by atoms with Crippen LogP contribution in [0.25, 0.3) is 5.65 Å². The summed E-state index contributed by atoms with van der Waals surface area (Å²) in [7, 11) is 0. The van der Waals surface area contributed by atoms with Gasteiger partial charge >= 0.3 is 0 Å². The molecule has 1 aliphatic heterocycles. The van der Waals surface area contributed by atoms with Crippen molar-refractivity contribution in [2.45, 2.75) is 32.1 Å². The van der Waals surface area contributed by atoms with Crippen molar-refractivity contribution in [3.63, 3.8) is 0 Å². The minimum absolute atomic E-state index is 0.0287. The van der Waals surface area contributed by atoms with Gasteiger partial charge in [-0.1, -0.05) is 12.1 Å². The molecular weight excluding hydrogens is 384 g/mol. The highest BCUT2D eigenvalue weighted by Gasteiger charge is 2.24. The summed E-state index contributed by atoms with van der Waals surface area (Å²) in [5.74, 6) is 1.23. The summed E-state index contributed by atoms with van der Waals surface area (Å²) < 4.78 is 2.05. The van der Waals surface area contributed by atoms with Gasteiger partial charge in [0.25, 0.3) is 5.69 Å². The number of carbonyl (C=O) groups excluding carboxylic acids is 1. The lowest BCUT2D eigenvalue weighted by molar-refractivity contribution is -0.384. The van der Waals surface area contributed by atoms with Gasteiger partial charge in [-0.05, 0) is 50.6 Å². The van der Waals surface area contributed by atoms with E-state index >= 15 is 0 Å². The third kappa shape index (κ3) is 4.30. The Balaban J connectivity index is 1.28. The molecule has 9 heteroatoms. The molecule has 1 aliphatic rings. The van der Waals surface area contributed by atoms with Crippen molar-refractivity contribution >= 4 is 22.9 Å². The molecule has 4 rings (SSSR count). The fourth-order valence-corrected chi connectivity index (χ4v) is 3.88. The zero-order valence-corrected chi connectivity index (χ0v) is 16.8. The molecule has 0 bridgehead atoms. The Morgan fingerprint density at radius 3 is 2.80 bits per heavy atom. The number of nitro groups is 1. The van der Waals surface area contributed by atoms with Crippen LogP contribution in [-0.4, -0.2) is 50.0 Å². The Labute approximate surface area is 173 Å². The zero-order valence-electron chi connectivity index (χ0n) is 16.8. The number of nitro benzene ring substituents is 1. The lowest BCUT2D eigenvalue weighted by Crippen LogP contribution is -2.35. The second-order valence-corrected chi connectivity index (χ2v) is 7.66. The van der Waals surface area contributed by atoms with Crippen LogP contribution in [0.1, 0.15) is 36.6 Å². The van der Waals surface area contributed by atoms with Crippen molar-refractivity contribution in [3.8, 4) is 0 Å². The van der Waals surface area contributed by atoms with Gasteiger partial charge in [-0.3, -0.25) is 19.3 Å². The van der Waals surface area contributed by atoms with Crippen LogP contribution in [0.4, 0.5) is 11.4 Å². The highest BCUT2D eigenvalue weighted by molar-refractivity contribution is 5.92. The average Bonchev–Trinajstić information content (AvgIpc) is 3.18. The Morgan fingerprint density at radius 1 is 1.23 bits per heavy atom. The van der Waals surface area contributed by atoms with Crippen LogP contribution in [0.3, 0.4) is 0 Å². The van der Waals surface area contributed by atoms with Crippen LogP contribution in [-0.2, 0) is 4.79 Å². The fourth-order valence-electron chi connectivity index (χ4n) is 3.88. The maximum Gasteiger partial charge on any atom is 0.271 e. The van der Waals surface area contributed by atoms with Gasteiger partial charge in [0.2, 0.25) is 5.91 Å². The standard InChI is InChI=1S/C21H24N6O3/c1-15-5-6-17(27(29)30)14-18(15)22-20(28)9-13-25-11-7-16(8-12-25)21-24-23-19-4-2-3-10-26(19)21/h2-6,10,14,16H,7-9,11-13H2,1H3,(H,22,28). The van der Waals surface area contributed by atoms with E-state index < -0.39 is 4.92 Å². The van der Waals surface area contributed by atoms with Crippen LogP contribution in [0, 0.1) is 17.0 Å². The van der Waals surface area contributed by atoms with Gasteiger partial charge in [0.1, 0.15) is 5.82 Å². The number of rotatable bonds is 6. The maximum atomic E-state index is 12.4. The Morgan fingerprint density at radius 2 is 2.03 bits per heavy atom. The van der Waals surface area contributed by atoms with Gasteiger partial charge in [-0.2, -0.15) is 0 Å². The first-order chi connectivity index (χ1) is 14.5. The predicted molar refractivity (Wildman–Crippen MR) is 112 cm³/mol. The van der Waals surface area contributed by atoms with Crippen molar-refractivity contribution in [1.29, 1.82) is 0 Å². The highest BCUT2D eigenvalue weighted by Crippen LogP contribution is 2.27. The second kappa shape index (κ2) is 8.58. The molecule has 0 saturated carbocycles. The second-order valence-electron chi connectivity index (χ2n) is 7.66. The number of likely N-dealkylation sites (tertiary alicyclic amines) is 1. The highest BCUT2D eigenvalue weighted by atomic mass is 16.6. The van der Waals surface area contributed by atoms with Gasteiger partial charge in [-0.25, -0.2) is 0 Å². The normalized spacial score (nSPS) is 15.4. The van der Waals surface area contributed by atoms with Gasteiger partial charge in [0, 0.05) is 37.2 Å². The average molecular weight is 408 g/mol. The van der Waals surface area contributed by atoms with Crippen LogP contribution < -0.4 is 5.32 Å². The molecule has 0 atom stereocenters. The fraction of sp³-hybridized carbons (Fsp3) is 0.381. The summed E-state index contributed by atoms with van der Waals surface area (Å²) >= 11 is 0. The Hall–Kier alpha value is -3.33. The SMILES string of the molecule is Cc1ccc([N+](=O)[O-])cc1NC(=O)CCN1CCC(c2nnc3ccccn23)CC1. The number of nitrogens with zero attached hydrogens (tertiary/aromatic N) is 5. The number of pyridine rings is 1. The van der Waals surface area contributed by atoms with Crippen LogP contribution in [0.2, 0.25) is 0 Å². The molecule has 156 valence electrons. The van der Waals surface area contributed by atoms with Crippen LogP contribution in [0.15, 0.2) is 42.6 Å². The number of aromatic nitrogens is 3. The van der Waals surface area contributed by atoms with E-state index in [4.69, 9.17) is 0 Å². The summed E-state index contributed by atoms with van der Waals surface area (Å²) in [5.41, 5.74) is 2.13. The molecule has 0 radical (unpaired) electrons. The number of aryl methyl sites for hydroxylation is 1. The van der Waals surface area contributed by atoms with E-state index in [1.165, 1.54) is 12.1 Å². The van der Waals surface area contributed by atoms with E-state index in [1.807, 2.05) is 31.3 Å². The van der Waals surface area contributed by atoms with Crippen molar-refractivity contribution in [1.82, 2.24) is 19.5 Å². The quantitative estimate of drug-likeness (QED) is 0.496. The van der Waals surface area contributed by atoms with Gasteiger partial charge in [0.15, 0.2) is 5.65 Å². The van der Waals surface area contributed by atoms with E-state index in [0.717, 1.165) is 43.0 Å². The molecule has 1 fully saturated rings. The first kappa shape index (κ1) is 20.0. The van der Waals surface area contributed by atoms with Crippen LogP contribution in [0.5, 0.6) is 0 Å². The molecule has 30 heavy (non-hydrogen) atoms. The van der Waals surface area contributed by atoms with E-state index in [1.54, 1.807) is 6.07 Å². The molecule has 1 aromatic carbocycles. The largest absolute Gasteiger partial charge is 0.326 e. The third-order valence-electron chi connectivity index (χ3n) is 5.65. The Bertz CT molecular complexity index is 1070. The zero-order chi connectivity index (χ0) is 21.1. The van der Waals surface area contributed by atoms with Crippen molar-refractivity contribution in [2.24, 2.45) is 0 Å². The number of nitrogens with one attached hydrogen (secondary N) is 1. The summed E-state index contributed by atoms with van der Waals surface area (Å²) in [6, 6.07) is 10.4. The summed E-state index contributed by atoms with van der Waals surface area (Å²) in [4.78, 5) is 25.1. The maximum absolute atomic E-state index is 12.4. The monoisotopic (exact) mass is 408 g/mol. The van der Waals surface area contributed by atoms with Crippen molar-refractivity contribution in [3.05, 3.63) is 64.1 Å². The molecule has 0 unspecified atom stereocenters. The number of fused-ring (bicyclic) bond motifs is 1. The smallest absolute Gasteiger partial charge is 0.271 e. The molecule has 3 aromatic rings. The first-order valence-corrected chi connectivity index (χ1v) is 10.1. The number of hydrogen-bond donors (Lipinski definition) is 1. The minimum atomic E-state index is -0.460. The molecular formula is C21H24N6O3. The predicted octanol–water partition coefficient (Wildman–Crippen LogP) is 3.15. The molecule has 1 saturated heterocycles. The summed E-state index contributed by atoms with van der Waals surface area (Å²) in [5, 5.41) is 22.4. The van der Waals surface area contributed by atoms with Crippen molar-refractivity contribution < 1.29 is 9.72 Å². The lowest BCUT2D eigenvalue weighted by atomic mass is 9.96. The number of hydrogen-bond acceptors (Lipinski definition) is 6. The van der Waals surface area contributed by atoms with Crippen molar-refractivity contribution in [2.75, 3.05) is 25.0 Å². The number of carbonyl (C=O) groups is 1. The molecule has 9 nitrogen and oxygen atoms in total. The number of non-ortho nitro benzene ring substituents is 1. The van der Waals surface area contributed by atoms with Gasteiger partial charge < -0.3 is 10.2 Å². The number of anilines is 1. The molecule has 1 N–H and O–H groups in total. The molecule has 1 amide bonds. The molecule has 0 spiro atoms. The summed E-state index contributed by atoms with van der Waals surface area (Å²) in [6.07, 6.45) is 4.29. The number of benzene rings is 1.